The molecule has 138 valence electrons. The molecule has 0 saturated heterocycles. The molecule has 10 heteroatoms. The Morgan fingerprint density at radius 2 is 1.96 bits per heavy atom. The topological polar surface area (TPSA) is 95.5 Å². The third-order valence-corrected chi connectivity index (χ3v) is 4.05. The third-order valence-electron chi connectivity index (χ3n) is 4.05. The summed E-state index contributed by atoms with van der Waals surface area (Å²) < 4.78 is 46.8. The number of rotatable bonds is 2. The Hall–Kier alpha value is -2.88. The van der Waals surface area contributed by atoms with E-state index in [2.05, 4.69) is 15.5 Å². The van der Waals surface area contributed by atoms with Gasteiger partial charge in [-0.05, 0) is 36.8 Å². The Kier molecular flexibility index (Phi) is 4.23. The van der Waals surface area contributed by atoms with Crippen LogP contribution in [-0.2, 0) is 5.72 Å². The first-order valence-corrected chi connectivity index (χ1v) is 7.57. The number of nitrogens with one attached hydrogen (secondary N) is 2. The zero-order valence-corrected chi connectivity index (χ0v) is 13.9. The van der Waals surface area contributed by atoms with Gasteiger partial charge in [0.1, 0.15) is 11.6 Å². The largest absolute Gasteiger partial charge is 0.497 e. The predicted octanol–water partition coefficient (Wildman–Crippen LogP) is 2.11. The van der Waals surface area contributed by atoms with Gasteiger partial charge in [-0.15, -0.1) is 0 Å². The highest BCUT2D eigenvalue weighted by Gasteiger charge is 2.58. The van der Waals surface area contributed by atoms with Gasteiger partial charge in [-0.1, -0.05) is 0 Å². The molecule has 1 unspecified atom stereocenters. The summed E-state index contributed by atoms with van der Waals surface area (Å²) in [5.41, 5.74) is -0.905. The number of fused-ring (bicyclic) bond motifs is 1. The molecule has 1 aliphatic heterocycles. The van der Waals surface area contributed by atoms with Gasteiger partial charge >= 0.3 is 6.18 Å². The van der Waals surface area contributed by atoms with E-state index >= 15 is 0 Å². The molecule has 1 aromatic carbocycles. The first kappa shape index (κ1) is 17.9. The number of hydrogen-bond donors (Lipinski definition) is 3. The molecular weight excluding hydrogens is 351 g/mol. The van der Waals surface area contributed by atoms with Crippen molar-refractivity contribution in [3.8, 4) is 5.75 Å². The van der Waals surface area contributed by atoms with Gasteiger partial charge in [0, 0.05) is 18.2 Å². The SMILES string of the molecule is COc1ccc(C2=NNc3cc(C)nc(=N)n3C(O)(C(F)(F)F)C2)cc1. The van der Waals surface area contributed by atoms with Crippen molar-refractivity contribution in [3.63, 3.8) is 0 Å². The third kappa shape index (κ3) is 2.92. The number of alkyl halides is 3. The lowest BCUT2D eigenvalue weighted by atomic mass is 9.99. The summed E-state index contributed by atoms with van der Waals surface area (Å²) in [5, 5.41) is 22.4. The van der Waals surface area contributed by atoms with Gasteiger partial charge in [0.2, 0.25) is 11.3 Å². The summed E-state index contributed by atoms with van der Waals surface area (Å²) in [4.78, 5) is 3.72. The molecule has 2 aromatic rings. The maximum atomic E-state index is 13.8. The number of aryl methyl sites for hydroxylation is 1. The molecule has 0 aliphatic carbocycles. The molecule has 1 atom stereocenters. The first-order chi connectivity index (χ1) is 12.2. The van der Waals surface area contributed by atoms with E-state index in [1.54, 1.807) is 24.3 Å². The number of hydrazone groups is 1. The van der Waals surface area contributed by atoms with Crippen LogP contribution in [0.3, 0.4) is 0 Å². The van der Waals surface area contributed by atoms with Gasteiger partial charge in [0.15, 0.2) is 0 Å². The molecule has 0 spiro atoms. The second-order valence-corrected chi connectivity index (χ2v) is 5.83. The van der Waals surface area contributed by atoms with E-state index in [1.807, 2.05) is 0 Å². The number of methoxy groups -OCH3 is 1. The van der Waals surface area contributed by atoms with Crippen molar-refractivity contribution in [2.24, 2.45) is 5.10 Å². The van der Waals surface area contributed by atoms with E-state index in [9.17, 15) is 18.3 Å². The van der Waals surface area contributed by atoms with Gasteiger partial charge in [-0.2, -0.15) is 18.3 Å². The number of ether oxygens (including phenoxy) is 1. The number of benzene rings is 1. The molecular formula is C16H16F3N5O2. The van der Waals surface area contributed by atoms with Crippen LogP contribution in [0.25, 0.3) is 0 Å². The van der Waals surface area contributed by atoms with Crippen LogP contribution in [0.5, 0.6) is 5.75 Å². The molecule has 1 aliphatic rings. The van der Waals surface area contributed by atoms with Crippen LogP contribution in [0.1, 0.15) is 17.7 Å². The van der Waals surface area contributed by atoms with Crippen LogP contribution >= 0.6 is 0 Å². The molecule has 0 bridgehead atoms. The van der Waals surface area contributed by atoms with Crippen LogP contribution in [0, 0.1) is 12.3 Å². The molecule has 0 saturated carbocycles. The van der Waals surface area contributed by atoms with Crippen LogP contribution in [0.2, 0.25) is 0 Å². The first-order valence-electron chi connectivity index (χ1n) is 7.57. The number of anilines is 1. The Balaban J connectivity index is 2.17. The summed E-state index contributed by atoms with van der Waals surface area (Å²) in [5.74, 6) is 0.360. The summed E-state index contributed by atoms with van der Waals surface area (Å²) in [6.45, 7) is 1.53. The van der Waals surface area contributed by atoms with E-state index in [-0.39, 0.29) is 11.5 Å². The van der Waals surface area contributed by atoms with Crippen LogP contribution in [0.15, 0.2) is 35.4 Å². The van der Waals surface area contributed by atoms with Crippen molar-refractivity contribution in [3.05, 3.63) is 47.2 Å². The number of aromatic nitrogens is 2. The quantitative estimate of drug-likeness (QED) is 0.758. The normalized spacial score (nSPS) is 19.8. The summed E-state index contributed by atoms with van der Waals surface area (Å²) in [6.07, 6.45) is -5.94. The van der Waals surface area contributed by atoms with E-state index in [0.29, 0.717) is 21.6 Å². The number of aliphatic hydroxyl groups is 1. The van der Waals surface area contributed by atoms with Crippen molar-refractivity contribution >= 4 is 11.5 Å². The minimum atomic E-state index is -5.06. The van der Waals surface area contributed by atoms with Gasteiger partial charge in [0.25, 0.3) is 0 Å². The van der Waals surface area contributed by atoms with Crippen molar-refractivity contribution in [2.45, 2.75) is 25.2 Å². The molecule has 26 heavy (non-hydrogen) atoms. The lowest BCUT2D eigenvalue weighted by Gasteiger charge is -2.32. The van der Waals surface area contributed by atoms with Crippen molar-refractivity contribution in [1.82, 2.24) is 9.55 Å². The van der Waals surface area contributed by atoms with Gasteiger partial charge in [-0.25, -0.2) is 4.98 Å². The zero-order chi connectivity index (χ0) is 19.1. The Bertz CT molecular complexity index is 921. The standard InChI is InChI=1S/C16H16F3N5O2/c1-9-7-13-23-22-12(10-3-5-11(26-2)6-4-10)8-15(25,16(17,18)19)24(13)14(20)21-9/h3-7,20,23,25H,8H2,1-2H3. The van der Waals surface area contributed by atoms with Crippen LogP contribution in [0.4, 0.5) is 19.0 Å². The van der Waals surface area contributed by atoms with E-state index < -0.39 is 23.9 Å². The highest BCUT2D eigenvalue weighted by Crippen LogP contribution is 2.40. The lowest BCUT2D eigenvalue weighted by Crippen LogP contribution is -2.53. The van der Waals surface area contributed by atoms with E-state index in [4.69, 9.17) is 10.1 Å². The monoisotopic (exact) mass is 367 g/mol. The fraction of sp³-hybridized carbons (Fsp3) is 0.312. The van der Waals surface area contributed by atoms with Crippen LogP contribution < -0.4 is 15.8 Å². The molecule has 1 aromatic heterocycles. The van der Waals surface area contributed by atoms with Crippen molar-refractivity contribution in [1.29, 1.82) is 5.41 Å². The zero-order valence-electron chi connectivity index (χ0n) is 13.9. The van der Waals surface area contributed by atoms with Gasteiger partial charge in [-0.3, -0.25) is 15.4 Å². The predicted molar refractivity (Wildman–Crippen MR) is 86.8 cm³/mol. The molecule has 2 heterocycles. The Morgan fingerprint density at radius 1 is 1.31 bits per heavy atom. The second kappa shape index (κ2) is 6.13. The highest BCUT2D eigenvalue weighted by atomic mass is 19.4. The Labute approximate surface area is 146 Å². The fourth-order valence-electron chi connectivity index (χ4n) is 2.74. The van der Waals surface area contributed by atoms with Crippen molar-refractivity contribution in [2.75, 3.05) is 12.5 Å². The summed E-state index contributed by atoms with van der Waals surface area (Å²) in [6, 6.07) is 7.54. The van der Waals surface area contributed by atoms with Gasteiger partial charge < -0.3 is 9.84 Å². The van der Waals surface area contributed by atoms with Gasteiger partial charge in [0.05, 0.1) is 12.8 Å². The lowest BCUT2D eigenvalue weighted by molar-refractivity contribution is -0.296. The molecule has 3 rings (SSSR count). The van der Waals surface area contributed by atoms with Crippen molar-refractivity contribution < 1.29 is 23.0 Å². The highest BCUT2D eigenvalue weighted by molar-refractivity contribution is 6.01. The number of hydrogen-bond acceptors (Lipinski definition) is 6. The summed E-state index contributed by atoms with van der Waals surface area (Å²) >= 11 is 0. The smallest absolute Gasteiger partial charge is 0.437 e. The van der Waals surface area contributed by atoms with Crippen LogP contribution in [-0.4, -0.2) is 33.7 Å². The van der Waals surface area contributed by atoms with E-state index in [1.165, 1.54) is 20.1 Å². The molecule has 0 radical (unpaired) electrons. The molecule has 7 nitrogen and oxygen atoms in total. The number of nitrogens with zero attached hydrogens (tertiary/aromatic N) is 3. The minimum absolute atomic E-state index is 0.0202. The maximum absolute atomic E-state index is 13.8. The Morgan fingerprint density at radius 3 is 2.54 bits per heavy atom. The average Bonchev–Trinajstić information content (AvgIpc) is 2.72. The molecule has 0 amide bonds. The maximum Gasteiger partial charge on any atom is 0.437 e. The molecule has 3 N–H and O–H groups in total. The summed E-state index contributed by atoms with van der Waals surface area (Å²) in [7, 11) is 1.47. The second-order valence-electron chi connectivity index (χ2n) is 5.83. The minimum Gasteiger partial charge on any atom is -0.497 e. The average molecular weight is 367 g/mol. The molecule has 0 fully saturated rings. The van der Waals surface area contributed by atoms with E-state index in [0.717, 1.165) is 0 Å². The number of halogens is 3. The fourth-order valence-corrected chi connectivity index (χ4v) is 2.74.